The molecule has 5 heteroatoms. The number of aryl methyl sites for hydroxylation is 1. The highest BCUT2D eigenvalue weighted by Gasteiger charge is 2.10. The molecule has 2 aromatic carbocycles. The minimum atomic E-state index is -0.362. The van der Waals surface area contributed by atoms with Crippen molar-refractivity contribution in [3.05, 3.63) is 94.8 Å². The number of benzene rings is 2. The Morgan fingerprint density at radius 1 is 1.07 bits per heavy atom. The van der Waals surface area contributed by atoms with Gasteiger partial charge in [-0.15, -0.1) is 0 Å². The van der Waals surface area contributed by atoms with E-state index < -0.39 is 0 Å². The van der Waals surface area contributed by atoms with Crippen LogP contribution in [0.15, 0.2) is 78.5 Å². The van der Waals surface area contributed by atoms with E-state index in [0.717, 1.165) is 24.2 Å². The van der Waals surface area contributed by atoms with E-state index in [2.05, 4.69) is 17.4 Å². The molecule has 0 radical (unpaired) electrons. The number of hydrogen-bond acceptors (Lipinski definition) is 2. The Labute approximate surface area is 169 Å². The van der Waals surface area contributed by atoms with E-state index in [9.17, 15) is 10.1 Å². The van der Waals surface area contributed by atoms with Gasteiger partial charge in [-0.3, -0.25) is 4.79 Å². The molecule has 3 aromatic rings. The minimum absolute atomic E-state index is 0.0774. The molecule has 1 heterocycles. The standard InChI is InChI=1S/C23H20ClN3O/c24-20-10-12-21(13-11-20)27-15-5-9-22(27)16-19(17-25)23(28)26-14-4-8-18-6-2-1-3-7-18/h1-3,5-7,9-13,15-16H,4,8,14H2,(H,26,28)/b19-16-. The Hall–Kier alpha value is -3.29. The van der Waals surface area contributed by atoms with Crippen LogP contribution in [0.3, 0.4) is 0 Å². The van der Waals surface area contributed by atoms with E-state index in [0.29, 0.717) is 11.6 Å². The first-order valence-corrected chi connectivity index (χ1v) is 9.42. The highest BCUT2D eigenvalue weighted by atomic mass is 35.5. The van der Waals surface area contributed by atoms with Crippen LogP contribution in [0.5, 0.6) is 0 Å². The first-order valence-electron chi connectivity index (χ1n) is 9.04. The fraction of sp³-hybridized carbons (Fsp3) is 0.130. The van der Waals surface area contributed by atoms with Crippen molar-refractivity contribution >= 4 is 23.6 Å². The Bertz CT molecular complexity index is 998. The summed E-state index contributed by atoms with van der Waals surface area (Å²) in [4.78, 5) is 12.4. The lowest BCUT2D eigenvalue weighted by Gasteiger charge is -2.08. The summed E-state index contributed by atoms with van der Waals surface area (Å²) in [5, 5.41) is 12.9. The normalized spacial score (nSPS) is 11.1. The van der Waals surface area contributed by atoms with Crippen molar-refractivity contribution in [2.75, 3.05) is 6.54 Å². The van der Waals surface area contributed by atoms with Crippen molar-refractivity contribution in [3.8, 4) is 11.8 Å². The summed E-state index contributed by atoms with van der Waals surface area (Å²) in [7, 11) is 0. The van der Waals surface area contributed by atoms with Crippen molar-refractivity contribution in [2.45, 2.75) is 12.8 Å². The highest BCUT2D eigenvalue weighted by Crippen LogP contribution is 2.18. The zero-order valence-electron chi connectivity index (χ0n) is 15.3. The van der Waals surface area contributed by atoms with Gasteiger partial charge in [0.05, 0.1) is 0 Å². The minimum Gasteiger partial charge on any atom is -0.351 e. The van der Waals surface area contributed by atoms with Crippen LogP contribution in [0, 0.1) is 11.3 Å². The predicted molar refractivity (Wildman–Crippen MR) is 112 cm³/mol. The van der Waals surface area contributed by atoms with Crippen LogP contribution in [-0.2, 0) is 11.2 Å². The Morgan fingerprint density at radius 3 is 2.54 bits per heavy atom. The summed E-state index contributed by atoms with van der Waals surface area (Å²) in [6, 6.07) is 23.2. The molecule has 1 N–H and O–H groups in total. The second-order valence-corrected chi connectivity index (χ2v) is 6.73. The van der Waals surface area contributed by atoms with Crippen molar-refractivity contribution in [2.24, 2.45) is 0 Å². The van der Waals surface area contributed by atoms with Crippen molar-refractivity contribution in [3.63, 3.8) is 0 Å². The van der Waals surface area contributed by atoms with Gasteiger partial charge in [-0.05, 0) is 60.9 Å². The van der Waals surface area contributed by atoms with E-state index in [4.69, 9.17) is 11.6 Å². The second-order valence-electron chi connectivity index (χ2n) is 6.29. The molecule has 0 aliphatic carbocycles. The monoisotopic (exact) mass is 389 g/mol. The number of carbonyl (C=O) groups excluding carboxylic acids is 1. The first kappa shape index (κ1) is 19.5. The molecular formula is C23H20ClN3O. The van der Waals surface area contributed by atoms with Crippen molar-refractivity contribution in [1.29, 1.82) is 5.26 Å². The van der Waals surface area contributed by atoms with E-state index in [1.54, 1.807) is 18.2 Å². The maximum atomic E-state index is 12.4. The summed E-state index contributed by atoms with van der Waals surface area (Å²) in [6.45, 7) is 0.519. The maximum Gasteiger partial charge on any atom is 0.262 e. The van der Waals surface area contributed by atoms with Gasteiger partial charge >= 0.3 is 0 Å². The van der Waals surface area contributed by atoms with Crippen LogP contribution in [0.2, 0.25) is 5.02 Å². The quantitative estimate of drug-likeness (QED) is 0.359. The SMILES string of the molecule is N#C/C(=C/c1cccn1-c1ccc(Cl)cc1)C(=O)NCCCc1ccccc1. The lowest BCUT2D eigenvalue weighted by atomic mass is 10.1. The van der Waals surface area contributed by atoms with Gasteiger partial charge < -0.3 is 9.88 Å². The molecule has 0 aliphatic heterocycles. The molecule has 0 unspecified atom stereocenters. The first-order chi connectivity index (χ1) is 13.7. The number of amides is 1. The van der Waals surface area contributed by atoms with Crippen LogP contribution in [0.4, 0.5) is 0 Å². The molecule has 4 nitrogen and oxygen atoms in total. The predicted octanol–water partition coefficient (Wildman–Crippen LogP) is 4.79. The van der Waals surface area contributed by atoms with Gasteiger partial charge in [-0.1, -0.05) is 41.9 Å². The topological polar surface area (TPSA) is 57.8 Å². The van der Waals surface area contributed by atoms with Gasteiger partial charge in [0.1, 0.15) is 11.6 Å². The van der Waals surface area contributed by atoms with Crippen molar-refractivity contribution in [1.82, 2.24) is 9.88 Å². The van der Waals surface area contributed by atoms with E-state index in [1.807, 2.05) is 59.3 Å². The lowest BCUT2D eigenvalue weighted by molar-refractivity contribution is -0.117. The third kappa shape index (κ3) is 5.12. The Kier molecular flexibility index (Phi) is 6.67. The molecule has 28 heavy (non-hydrogen) atoms. The third-order valence-corrected chi connectivity index (χ3v) is 4.56. The molecule has 1 amide bonds. The second kappa shape index (κ2) is 9.59. The smallest absolute Gasteiger partial charge is 0.262 e. The van der Waals surface area contributed by atoms with E-state index in [1.165, 1.54) is 5.56 Å². The Balaban J connectivity index is 1.64. The number of nitriles is 1. The number of halogens is 1. The number of nitrogens with one attached hydrogen (secondary N) is 1. The summed E-state index contributed by atoms with van der Waals surface area (Å²) in [5.41, 5.74) is 2.96. The molecular weight excluding hydrogens is 370 g/mol. The fourth-order valence-electron chi connectivity index (χ4n) is 2.88. The molecule has 0 saturated heterocycles. The largest absolute Gasteiger partial charge is 0.351 e. The summed E-state index contributed by atoms with van der Waals surface area (Å²) >= 11 is 5.94. The van der Waals surface area contributed by atoms with E-state index in [-0.39, 0.29) is 11.5 Å². The summed E-state index contributed by atoms with van der Waals surface area (Å²) < 4.78 is 1.90. The zero-order valence-corrected chi connectivity index (χ0v) is 16.1. The van der Waals surface area contributed by atoms with Gasteiger partial charge in [-0.2, -0.15) is 5.26 Å². The third-order valence-electron chi connectivity index (χ3n) is 4.31. The van der Waals surface area contributed by atoms with Gasteiger partial charge in [-0.25, -0.2) is 0 Å². The van der Waals surface area contributed by atoms with Crippen LogP contribution in [-0.4, -0.2) is 17.0 Å². The van der Waals surface area contributed by atoms with Gasteiger partial charge in [0.25, 0.3) is 5.91 Å². The molecule has 0 saturated carbocycles. The number of nitrogens with zero attached hydrogens (tertiary/aromatic N) is 2. The zero-order chi connectivity index (χ0) is 19.8. The molecule has 0 aliphatic rings. The molecule has 0 atom stereocenters. The number of hydrogen-bond donors (Lipinski definition) is 1. The molecule has 1 aromatic heterocycles. The van der Waals surface area contributed by atoms with Crippen LogP contribution < -0.4 is 5.32 Å². The maximum absolute atomic E-state index is 12.4. The average Bonchev–Trinajstić information content (AvgIpc) is 3.19. The Morgan fingerprint density at radius 2 is 1.82 bits per heavy atom. The number of aromatic nitrogens is 1. The van der Waals surface area contributed by atoms with Crippen LogP contribution >= 0.6 is 11.6 Å². The van der Waals surface area contributed by atoms with Gasteiger partial charge in [0.2, 0.25) is 0 Å². The number of carbonyl (C=O) groups is 1. The molecule has 0 fully saturated rings. The summed E-state index contributed by atoms with van der Waals surface area (Å²) in [6.07, 6.45) is 5.17. The van der Waals surface area contributed by atoms with Crippen LogP contribution in [0.1, 0.15) is 17.7 Å². The molecule has 0 spiro atoms. The lowest BCUT2D eigenvalue weighted by Crippen LogP contribution is -2.26. The van der Waals surface area contributed by atoms with Crippen molar-refractivity contribution < 1.29 is 4.79 Å². The highest BCUT2D eigenvalue weighted by molar-refractivity contribution is 6.30. The van der Waals surface area contributed by atoms with Crippen LogP contribution in [0.25, 0.3) is 11.8 Å². The molecule has 3 rings (SSSR count). The van der Waals surface area contributed by atoms with E-state index >= 15 is 0 Å². The molecule has 0 bridgehead atoms. The van der Waals surface area contributed by atoms with Gasteiger partial charge in [0, 0.05) is 29.1 Å². The summed E-state index contributed by atoms with van der Waals surface area (Å²) in [5.74, 6) is -0.362. The average molecular weight is 390 g/mol. The molecule has 140 valence electrons. The fourth-order valence-corrected chi connectivity index (χ4v) is 3.01. The van der Waals surface area contributed by atoms with Gasteiger partial charge in [0.15, 0.2) is 0 Å². The number of rotatable bonds is 7.